The number of hydrogen-bond donors (Lipinski definition) is 0. The van der Waals surface area contributed by atoms with Crippen LogP contribution in [0, 0.1) is 0 Å². The molecule has 13 heavy (non-hydrogen) atoms. The molecule has 0 N–H and O–H groups in total. The molecule has 1 heterocycles. The van der Waals surface area contributed by atoms with Crippen LogP contribution in [0.2, 0.25) is 5.15 Å². The summed E-state index contributed by atoms with van der Waals surface area (Å²) in [7, 11) is 1.28. The van der Waals surface area contributed by atoms with Crippen LogP contribution in [-0.4, -0.2) is 29.3 Å². The van der Waals surface area contributed by atoms with E-state index < -0.39 is 5.97 Å². The average molecular weight is 219 g/mol. The lowest BCUT2D eigenvalue weighted by Crippen LogP contribution is -2.04. The van der Waals surface area contributed by atoms with Crippen molar-refractivity contribution in [3.63, 3.8) is 0 Å². The molecule has 0 aromatic carbocycles. The van der Waals surface area contributed by atoms with Crippen LogP contribution in [-0.2, 0) is 4.74 Å². The minimum atomic E-state index is -0.530. The Hall–Kier alpha value is -0.810. The molecular formula is C7H7ClN2O2S. The molecule has 0 bridgehead atoms. The second-order valence-corrected chi connectivity index (χ2v) is 3.18. The van der Waals surface area contributed by atoms with E-state index in [1.165, 1.54) is 25.1 Å². The van der Waals surface area contributed by atoms with Gasteiger partial charge >= 0.3 is 5.97 Å². The lowest BCUT2D eigenvalue weighted by Gasteiger charge is -2.01. The van der Waals surface area contributed by atoms with E-state index in [-0.39, 0.29) is 10.7 Å². The summed E-state index contributed by atoms with van der Waals surface area (Å²) >= 11 is 7.07. The smallest absolute Gasteiger partial charge is 0.342 e. The monoisotopic (exact) mass is 218 g/mol. The van der Waals surface area contributed by atoms with Gasteiger partial charge in [0.15, 0.2) is 5.16 Å². The van der Waals surface area contributed by atoms with Crippen molar-refractivity contribution in [3.05, 3.63) is 16.9 Å². The van der Waals surface area contributed by atoms with Gasteiger partial charge in [0.1, 0.15) is 10.7 Å². The van der Waals surface area contributed by atoms with Crippen molar-refractivity contribution in [3.8, 4) is 0 Å². The number of rotatable bonds is 2. The SMILES string of the molecule is COC(=O)c1cnc(SC)nc1Cl. The number of esters is 1. The minimum Gasteiger partial charge on any atom is -0.465 e. The normalized spacial score (nSPS) is 9.77. The molecular weight excluding hydrogens is 212 g/mol. The fourth-order valence-corrected chi connectivity index (χ4v) is 1.29. The Kier molecular flexibility index (Phi) is 3.50. The van der Waals surface area contributed by atoms with Crippen LogP contribution in [0.1, 0.15) is 10.4 Å². The zero-order chi connectivity index (χ0) is 9.84. The fraction of sp³-hybridized carbons (Fsp3) is 0.286. The van der Waals surface area contributed by atoms with Crippen LogP contribution in [0.5, 0.6) is 0 Å². The van der Waals surface area contributed by atoms with Gasteiger partial charge < -0.3 is 4.74 Å². The summed E-state index contributed by atoms with van der Waals surface area (Å²) in [5.74, 6) is -0.530. The second kappa shape index (κ2) is 4.43. The van der Waals surface area contributed by atoms with Gasteiger partial charge in [-0.25, -0.2) is 14.8 Å². The molecule has 1 aromatic rings. The first-order chi connectivity index (χ1) is 6.19. The van der Waals surface area contributed by atoms with E-state index in [4.69, 9.17) is 11.6 Å². The first-order valence-corrected chi connectivity index (χ1v) is 4.94. The summed E-state index contributed by atoms with van der Waals surface area (Å²) in [5, 5.41) is 0.642. The third-order valence-electron chi connectivity index (χ3n) is 1.31. The number of aromatic nitrogens is 2. The molecule has 0 aliphatic carbocycles. The molecule has 0 saturated carbocycles. The highest BCUT2D eigenvalue weighted by atomic mass is 35.5. The third kappa shape index (κ3) is 2.32. The summed E-state index contributed by atoms with van der Waals surface area (Å²) in [4.78, 5) is 18.8. The maximum atomic E-state index is 11.0. The number of halogens is 1. The maximum Gasteiger partial charge on any atom is 0.342 e. The quantitative estimate of drug-likeness (QED) is 0.327. The van der Waals surface area contributed by atoms with Crippen molar-refractivity contribution >= 4 is 29.3 Å². The van der Waals surface area contributed by atoms with Crippen LogP contribution in [0.3, 0.4) is 0 Å². The van der Waals surface area contributed by atoms with Gasteiger partial charge in [0.05, 0.1) is 7.11 Å². The molecule has 0 spiro atoms. The molecule has 0 unspecified atom stereocenters. The van der Waals surface area contributed by atoms with Crippen molar-refractivity contribution in [2.45, 2.75) is 5.16 Å². The molecule has 0 aliphatic rings. The van der Waals surface area contributed by atoms with Gasteiger partial charge in [-0.15, -0.1) is 0 Å². The minimum absolute atomic E-state index is 0.117. The van der Waals surface area contributed by atoms with Gasteiger partial charge in [-0.2, -0.15) is 0 Å². The molecule has 0 saturated heterocycles. The Balaban J connectivity index is 3.05. The van der Waals surface area contributed by atoms with Gasteiger partial charge in [-0.1, -0.05) is 23.4 Å². The Bertz CT molecular complexity index is 332. The number of nitrogens with zero attached hydrogens (tertiary/aromatic N) is 2. The number of methoxy groups -OCH3 is 1. The number of ether oxygens (including phenoxy) is 1. The molecule has 0 aliphatic heterocycles. The molecule has 4 nitrogen and oxygen atoms in total. The Morgan fingerprint density at radius 2 is 2.38 bits per heavy atom. The largest absolute Gasteiger partial charge is 0.465 e. The molecule has 1 rings (SSSR count). The number of carbonyl (C=O) groups excluding carboxylic acids is 1. The molecule has 70 valence electrons. The second-order valence-electron chi connectivity index (χ2n) is 2.05. The molecule has 0 atom stereocenters. The summed E-state index contributed by atoms with van der Waals surface area (Å²) in [6.07, 6.45) is 3.18. The number of carbonyl (C=O) groups is 1. The molecule has 1 aromatic heterocycles. The van der Waals surface area contributed by atoms with Crippen LogP contribution in [0.15, 0.2) is 11.4 Å². The van der Waals surface area contributed by atoms with Gasteiger partial charge in [-0.3, -0.25) is 0 Å². The lowest BCUT2D eigenvalue weighted by molar-refractivity contribution is 0.0599. The van der Waals surface area contributed by atoms with E-state index in [0.29, 0.717) is 5.16 Å². The topological polar surface area (TPSA) is 52.1 Å². The van der Waals surface area contributed by atoms with Crippen molar-refractivity contribution in [1.82, 2.24) is 9.97 Å². The van der Waals surface area contributed by atoms with Crippen LogP contribution >= 0.6 is 23.4 Å². The highest BCUT2D eigenvalue weighted by Gasteiger charge is 2.12. The van der Waals surface area contributed by atoms with E-state index in [0.717, 1.165) is 0 Å². The van der Waals surface area contributed by atoms with Crippen molar-refractivity contribution in [2.24, 2.45) is 0 Å². The molecule has 6 heteroatoms. The summed E-state index contributed by atoms with van der Waals surface area (Å²) < 4.78 is 4.48. The fourth-order valence-electron chi connectivity index (χ4n) is 0.691. The van der Waals surface area contributed by atoms with Gasteiger partial charge in [0.2, 0.25) is 0 Å². The van der Waals surface area contributed by atoms with E-state index in [9.17, 15) is 4.79 Å². The Morgan fingerprint density at radius 3 is 2.85 bits per heavy atom. The highest BCUT2D eigenvalue weighted by Crippen LogP contribution is 2.16. The van der Waals surface area contributed by atoms with Crippen molar-refractivity contribution < 1.29 is 9.53 Å². The first-order valence-electron chi connectivity index (χ1n) is 3.34. The molecule has 0 amide bonds. The zero-order valence-corrected chi connectivity index (χ0v) is 8.65. The number of hydrogen-bond acceptors (Lipinski definition) is 5. The maximum absolute atomic E-state index is 11.0. The van der Waals surface area contributed by atoms with Gasteiger partial charge in [-0.05, 0) is 6.26 Å². The first kappa shape index (κ1) is 10.3. The van der Waals surface area contributed by atoms with E-state index in [2.05, 4.69) is 14.7 Å². The van der Waals surface area contributed by atoms with Crippen LogP contribution in [0.4, 0.5) is 0 Å². The molecule has 0 fully saturated rings. The van der Waals surface area contributed by atoms with Crippen LogP contribution in [0.25, 0.3) is 0 Å². The van der Waals surface area contributed by atoms with E-state index in [1.54, 1.807) is 0 Å². The van der Waals surface area contributed by atoms with E-state index >= 15 is 0 Å². The molecule has 0 radical (unpaired) electrons. The predicted molar refractivity (Wildman–Crippen MR) is 50.2 cm³/mol. The van der Waals surface area contributed by atoms with Crippen molar-refractivity contribution in [1.29, 1.82) is 0 Å². The predicted octanol–water partition coefficient (Wildman–Crippen LogP) is 1.64. The van der Waals surface area contributed by atoms with Gasteiger partial charge in [0, 0.05) is 6.20 Å². The summed E-state index contributed by atoms with van der Waals surface area (Å²) in [6.45, 7) is 0. The van der Waals surface area contributed by atoms with Crippen molar-refractivity contribution in [2.75, 3.05) is 13.4 Å². The third-order valence-corrected chi connectivity index (χ3v) is 2.16. The average Bonchev–Trinajstić information content (AvgIpc) is 2.16. The summed E-state index contributed by atoms with van der Waals surface area (Å²) in [5.41, 5.74) is 0.182. The van der Waals surface area contributed by atoms with Gasteiger partial charge in [0.25, 0.3) is 0 Å². The van der Waals surface area contributed by atoms with E-state index in [1.807, 2.05) is 6.26 Å². The Morgan fingerprint density at radius 1 is 1.69 bits per heavy atom. The Labute approximate surface area is 84.7 Å². The zero-order valence-electron chi connectivity index (χ0n) is 7.07. The number of thioether (sulfide) groups is 1. The summed E-state index contributed by atoms with van der Waals surface area (Å²) in [6, 6.07) is 0. The standard InChI is InChI=1S/C7H7ClN2O2S/c1-12-6(11)4-3-9-7(13-2)10-5(4)8/h3H,1-2H3. The highest BCUT2D eigenvalue weighted by molar-refractivity contribution is 7.98. The lowest BCUT2D eigenvalue weighted by atomic mass is 10.3. The van der Waals surface area contributed by atoms with Crippen LogP contribution < -0.4 is 0 Å².